The lowest BCUT2D eigenvalue weighted by Gasteiger charge is -2.15. The summed E-state index contributed by atoms with van der Waals surface area (Å²) in [6, 6.07) is 86.2. The van der Waals surface area contributed by atoms with Crippen LogP contribution in [0.5, 0.6) is 0 Å². The Hall–Kier alpha value is -10.3. The van der Waals surface area contributed by atoms with Crippen LogP contribution in [0, 0.1) is 0 Å². The molecule has 0 saturated carbocycles. The van der Waals surface area contributed by atoms with E-state index in [2.05, 4.69) is 286 Å². The van der Waals surface area contributed by atoms with Gasteiger partial charge in [0.1, 0.15) is 11.6 Å². The van der Waals surface area contributed by atoms with Crippen LogP contribution in [0.4, 0.5) is 0 Å². The van der Waals surface area contributed by atoms with E-state index in [4.69, 9.17) is 9.97 Å². The molecule has 1 aliphatic rings. The maximum absolute atomic E-state index is 5.57. The van der Waals surface area contributed by atoms with Crippen molar-refractivity contribution < 1.29 is 0 Å². The van der Waals surface area contributed by atoms with E-state index in [1.54, 1.807) is 0 Å². The first kappa shape index (κ1) is 44.9. The average Bonchev–Trinajstić information content (AvgIpc) is 4.40. The Bertz CT molecular complexity index is 4970. The first-order chi connectivity index (χ1) is 39.1. The number of hydrogen-bond acceptors (Lipinski definition) is 2. The summed E-state index contributed by atoms with van der Waals surface area (Å²) in [5, 5.41) is 9.57. The highest BCUT2D eigenvalue weighted by Gasteiger charge is 2.23. The second-order valence-electron chi connectivity index (χ2n) is 21.0. The minimum Gasteiger partial charge on any atom is -0.309 e. The van der Waals surface area contributed by atoms with Gasteiger partial charge >= 0.3 is 0 Å². The quantitative estimate of drug-likeness (QED) is 0.152. The molecule has 6 nitrogen and oxygen atoms in total. The van der Waals surface area contributed by atoms with Gasteiger partial charge in [0.25, 0.3) is 0 Å². The fourth-order valence-corrected chi connectivity index (χ4v) is 12.7. The zero-order chi connectivity index (χ0) is 52.1. The van der Waals surface area contributed by atoms with Crippen molar-refractivity contribution in [3.05, 3.63) is 283 Å². The molecule has 15 aromatic rings. The molecule has 6 heteroatoms. The van der Waals surface area contributed by atoms with Crippen LogP contribution < -0.4 is 0 Å². The predicted octanol–water partition coefficient (Wildman–Crippen LogP) is 18.4. The van der Waals surface area contributed by atoms with Crippen molar-refractivity contribution in [3.63, 3.8) is 0 Å². The van der Waals surface area contributed by atoms with Gasteiger partial charge in [-0.05, 0) is 127 Å². The molecule has 0 amide bonds. The second-order valence-corrected chi connectivity index (χ2v) is 21.0. The van der Waals surface area contributed by atoms with Gasteiger partial charge in [-0.1, -0.05) is 175 Å². The van der Waals surface area contributed by atoms with Crippen LogP contribution in [0.15, 0.2) is 266 Å². The summed E-state index contributed by atoms with van der Waals surface area (Å²) in [5.74, 6) is 2.22. The number of fused-ring (bicyclic) bond motifs is 12. The smallest absolute Gasteiger partial charge is 0.163 e. The third-order valence-electron chi connectivity index (χ3n) is 16.2. The maximum Gasteiger partial charge on any atom is 0.163 e. The lowest BCUT2D eigenvalue weighted by atomic mass is 10.0. The van der Waals surface area contributed by atoms with Crippen LogP contribution in [0.1, 0.15) is 30.0 Å². The summed E-state index contributed by atoms with van der Waals surface area (Å²) in [7, 11) is 0. The number of rotatable bonds is 8. The number of aromatic nitrogens is 6. The highest BCUT2D eigenvalue weighted by atomic mass is 15.1. The van der Waals surface area contributed by atoms with E-state index < -0.39 is 0 Å². The normalized spacial score (nSPS) is 13.0. The summed E-state index contributed by atoms with van der Waals surface area (Å²) >= 11 is 0. The third kappa shape index (κ3) is 7.25. The second kappa shape index (κ2) is 17.9. The fraction of sp³-hybridized carbons (Fsp3) is 0.0411. The molecule has 372 valence electrons. The van der Waals surface area contributed by atoms with Crippen molar-refractivity contribution in [2.24, 2.45) is 0 Å². The van der Waals surface area contributed by atoms with Gasteiger partial charge in [0.2, 0.25) is 0 Å². The summed E-state index contributed by atoms with van der Waals surface area (Å²) in [4.78, 5) is 11.1. The summed E-state index contributed by atoms with van der Waals surface area (Å²) in [5.41, 5.74) is 18.3. The molecule has 0 unspecified atom stereocenters. The van der Waals surface area contributed by atoms with Gasteiger partial charge in [0, 0.05) is 66.1 Å². The van der Waals surface area contributed by atoms with Gasteiger partial charge in [-0.15, -0.1) is 0 Å². The standard InChI is InChI=1S/C73H50N6/c1-47-18-8-9-23-51(40-47)52-33-37-68-60(43-52)62-45-54(77-65-30-16-12-26-57(65)58-27-13-17-31-66(58)77)35-39-70(62)79(68)72-46-71(74-73(75-72)50-21-6-3-7-22-50)78-67-36-32-49(41-48-19-4-2-5-20-48)42-59(67)61-44-53(34-38-69(61)78)76-63-28-14-10-24-55(63)56-25-11-15-29-64(56)76/h2-8,10-40,42-46H,9,41H2,1H3. The van der Waals surface area contributed by atoms with Crippen molar-refractivity contribution in [1.29, 1.82) is 0 Å². The lowest BCUT2D eigenvalue weighted by Crippen LogP contribution is -2.06. The van der Waals surface area contributed by atoms with Crippen molar-refractivity contribution in [1.82, 2.24) is 28.2 Å². The van der Waals surface area contributed by atoms with E-state index in [9.17, 15) is 0 Å². The molecule has 1 aliphatic carbocycles. The molecule has 0 radical (unpaired) electrons. The van der Waals surface area contributed by atoms with Crippen LogP contribution >= 0.6 is 0 Å². The van der Waals surface area contributed by atoms with E-state index >= 15 is 0 Å². The summed E-state index contributed by atoms with van der Waals surface area (Å²) in [6.45, 7) is 2.18. The minimum atomic E-state index is 0.649. The molecule has 16 rings (SSSR count). The van der Waals surface area contributed by atoms with Crippen LogP contribution in [0.2, 0.25) is 0 Å². The van der Waals surface area contributed by atoms with Gasteiger partial charge in [-0.25, -0.2) is 9.97 Å². The average molecular weight is 1010 g/mol. The third-order valence-corrected chi connectivity index (χ3v) is 16.2. The van der Waals surface area contributed by atoms with Crippen molar-refractivity contribution >= 4 is 92.8 Å². The Morgan fingerprint density at radius 3 is 1.34 bits per heavy atom. The SMILES string of the molecule is CC1=CC(c2ccc3c(c2)c2cc(-n4c5ccccc5c5ccccc54)ccc2n3-c2cc(-n3c4ccc(Cc5ccccc5)cc4c4cc(-n5c6ccccc6c6ccccc65)ccc43)nc(-c3ccccc3)n2)=CCC=C1. The molecule has 5 heterocycles. The molecule has 0 atom stereocenters. The van der Waals surface area contributed by atoms with Gasteiger partial charge in [0.15, 0.2) is 5.82 Å². The van der Waals surface area contributed by atoms with E-state index in [1.807, 2.05) is 0 Å². The molecule has 0 fully saturated rings. The molecule has 0 N–H and O–H groups in total. The first-order valence-corrected chi connectivity index (χ1v) is 27.2. The topological polar surface area (TPSA) is 45.5 Å². The van der Waals surface area contributed by atoms with Gasteiger partial charge < -0.3 is 9.13 Å². The van der Waals surface area contributed by atoms with Gasteiger partial charge in [0.05, 0.1) is 44.1 Å². The number of para-hydroxylation sites is 4. The highest BCUT2D eigenvalue weighted by molar-refractivity contribution is 6.14. The minimum absolute atomic E-state index is 0.649. The first-order valence-electron chi connectivity index (χ1n) is 27.2. The zero-order valence-corrected chi connectivity index (χ0v) is 43.4. The molecule has 0 aliphatic heterocycles. The molecule has 79 heavy (non-hydrogen) atoms. The van der Waals surface area contributed by atoms with Gasteiger partial charge in [-0.3, -0.25) is 9.13 Å². The Labute approximate surface area is 456 Å². The van der Waals surface area contributed by atoms with E-state index in [-0.39, 0.29) is 0 Å². The number of hydrogen-bond donors (Lipinski definition) is 0. The van der Waals surface area contributed by atoms with Crippen LogP contribution in [-0.4, -0.2) is 28.2 Å². The molecule has 10 aromatic carbocycles. The lowest BCUT2D eigenvalue weighted by molar-refractivity contribution is 0.993. The van der Waals surface area contributed by atoms with E-state index in [1.165, 1.54) is 76.8 Å². The Morgan fingerprint density at radius 2 is 0.797 bits per heavy atom. The van der Waals surface area contributed by atoms with Crippen LogP contribution in [0.3, 0.4) is 0 Å². The van der Waals surface area contributed by atoms with Crippen LogP contribution in [-0.2, 0) is 6.42 Å². The maximum atomic E-state index is 5.57. The van der Waals surface area contributed by atoms with Crippen molar-refractivity contribution in [2.45, 2.75) is 19.8 Å². The number of nitrogens with zero attached hydrogens (tertiary/aromatic N) is 6. The zero-order valence-electron chi connectivity index (χ0n) is 43.4. The van der Waals surface area contributed by atoms with Gasteiger partial charge in [-0.2, -0.15) is 0 Å². The van der Waals surface area contributed by atoms with E-state index in [0.717, 1.165) is 79.6 Å². The number of benzene rings is 10. The number of allylic oxidation sites excluding steroid dienone is 6. The molecular weight excluding hydrogens is 961 g/mol. The molecule has 0 bridgehead atoms. The largest absolute Gasteiger partial charge is 0.309 e. The van der Waals surface area contributed by atoms with Crippen molar-refractivity contribution in [3.8, 4) is 34.4 Å². The van der Waals surface area contributed by atoms with E-state index in [0.29, 0.717) is 5.82 Å². The molecule has 0 saturated heterocycles. The van der Waals surface area contributed by atoms with Crippen molar-refractivity contribution in [2.75, 3.05) is 0 Å². The fourth-order valence-electron chi connectivity index (χ4n) is 12.7. The summed E-state index contributed by atoms with van der Waals surface area (Å²) in [6.07, 6.45) is 10.8. The Kier molecular flexibility index (Phi) is 10.2. The molecule has 0 spiro atoms. The molecular formula is C73H50N6. The van der Waals surface area contributed by atoms with Crippen LogP contribution in [0.25, 0.3) is 127 Å². The Morgan fingerprint density at radius 1 is 0.354 bits per heavy atom. The monoisotopic (exact) mass is 1010 g/mol. The Balaban J connectivity index is 0.958. The highest BCUT2D eigenvalue weighted by Crippen LogP contribution is 2.41. The molecule has 5 aromatic heterocycles. The summed E-state index contributed by atoms with van der Waals surface area (Å²) < 4.78 is 9.55. The predicted molar refractivity (Wildman–Crippen MR) is 330 cm³/mol.